The molecule has 13 rings (SSSR count). The smallest absolute Gasteiger partial charge is 0.248 e. The van der Waals surface area contributed by atoms with Gasteiger partial charge in [-0.25, -0.2) is 9.97 Å². The van der Waals surface area contributed by atoms with Crippen LogP contribution in [0, 0.1) is 0 Å². The quantitative estimate of drug-likeness (QED) is 0.152. The maximum atomic E-state index is 6.84. The van der Waals surface area contributed by atoms with Crippen molar-refractivity contribution in [1.29, 1.82) is 0 Å². The van der Waals surface area contributed by atoms with Crippen molar-refractivity contribution in [2.24, 2.45) is 0 Å². The Morgan fingerprint density at radius 2 is 0.657 bits per heavy atom. The molecule has 0 N–H and O–H groups in total. The van der Waals surface area contributed by atoms with E-state index in [1.54, 1.807) is 0 Å². The standard InChI is InChI=1S/C60H38N6O/c1-5-19-39(20-6-1)43-35-49(41-23-9-3-10-24-41)61-55(37-43)65-51-31-15-13-27-45(51)57-47(29-17-33-53(57)65)59-63-64-60(67-59)48-30-18-34-54-58(48)46-28-14-16-32-52(46)66(54)56-38-44(40-21-7-2-8-22-40)36-50(62-56)42-25-11-4-12-26-42/h1-38H. The second kappa shape index (κ2) is 15.8. The van der Waals surface area contributed by atoms with Crippen LogP contribution in [0.3, 0.4) is 0 Å². The summed E-state index contributed by atoms with van der Waals surface area (Å²) in [5.41, 5.74) is 14.0. The van der Waals surface area contributed by atoms with Gasteiger partial charge in [0, 0.05) is 43.8 Å². The first-order valence-corrected chi connectivity index (χ1v) is 22.4. The van der Waals surface area contributed by atoms with E-state index in [-0.39, 0.29) is 0 Å². The zero-order chi connectivity index (χ0) is 44.3. The normalized spacial score (nSPS) is 11.6. The van der Waals surface area contributed by atoms with Gasteiger partial charge in [-0.15, -0.1) is 10.2 Å². The molecule has 0 aliphatic carbocycles. The van der Waals surface area contributed by atoms with Crippen molar-refractivity contribution < 1.29 is 4.42 Å². The van der Waals surface area contributed by atoms with Crippen LogP contribution in [0.2, 0.25) is 0 Å². The third kappa shape index (κ3) is 6.52. The molecule has 67 heavy (non-hydrogen) atoms. The molecule has 0 atom stereocenters. The van der Waals surface area contributed by atoms with Crippen LogP contribution < -0.4 is 0 Å². The zero-order valence-electron chi connectivity index (χ0n) is 36.0. The van der Waals surface area contributed by atoms with Crippen LogP contribution in [0.25, 0.3) is 123 Å². The van der Waals surface area contributed by atoms with Gasteiger partial charge in [0.05, 0.1) is 33.5 Å². The molecule has 0 spiro atoms. The van der Waals surface area contributed by atoms with E-state index in [4.69, 9.17) is 24.6 Å². The summed E-state index contributed by atoms with van der Waals surface area (Å²) in [5.74, 6) is 2.50. The molecule has 5 aromatic heterocycles. The number of rotatable bonds is 8. The predicted octanol–water partition coefficient (Wildman–Crippen LogP) is 15.1. The lowest BCUT2D eigenvalue weighted by atomic mass is 10.0. The fourth-order valence-electron chi connectivity index (χ4n) is 9.70. The summed E-state index contributed by atoms with van der Waals surface area (Å²) >= 11 is 0. The van der Waals surface area contributed by atoms with Crippen molar-refractivity contribution in [3.63, 3.8) is 0 Å². The van der Waals surface area contributed by atoms with E-state index < -0.39 is 0 Å². The van der Waals surface area contributed by atoms with Gasteiger partial charge < -0.3 is 4.42 Å². The van der Waals surface area contributed by atoms with E-state index >= 15 is 0 Å². The molecule has 7 heteroatoms. The van der Waals surface area contributed by atoms with Crippen LogP contribution in [0.5, 0.6) is 0 Å². The Morgan fingerprint density at radius 3 is 1.07 bits per heavy atom. The van der Waals surface area contributed by atoms with Crippen molar-refractivity contribution in [3.05, 3.63) is 231 Å². The van der Waals surface area contributed by atoms with Crippen molar-refractivity contribution in [3.8, 4) is 79.3 Å². The average Bonchev–Trinajstić information content (AvgIpc) is 4.13. The minimum Gasteiger partial charge on any atom is -0.416 e. The van der Waals surface area contributed by atoms with Gasteiger partial charge in [-0.05, 0) is 82.9 Å². The van der Waals surface area contributed by atoms with Crippen LogP contribution in [0.4, 0.5) is 0 Å². The van der Waals surface area contributed by atoms with E-state index in [2.05, 4.69) is 215 Å². The minimum atomic E-state index is 0.435. The SMILES string of the molecule is c1ccc(-c2cc(-c3ccccc3)nc(-n3c4ccccc4c4c(-c5nnc(-c6cccc7c6c6ccccc6n7-c6cc(-c7ccccc7)cc(-c7ccccc7)n6)o5)cccc43)c2)cc1. The minimum absolute atomic E-state index is 0.435. The molecular formula is C60H38N6O. The predicted molar refractivity (Wildman–Crippen MR) is 271 cm³/mol. The van der Waals surface area contributed by atoms with Crippen LogP contribution in [0.15, 0.2) is 235 Å². The van der Waals surface area contributed by atoms with Gasteiger partial charge >= 0.3 is 0 Å². The Kier molecular flexibility index (Phi) is 9.03. The Balaban J connectivity index is 0.977. The van der Waals surface area contributed by atoms with Crippen molar-refractivity contribution >= 4 is 43.6 Å². The highest BCUT2D eigenvalue weighted by atomic mass is 16.4. The zero-order valence-corrected chi connectivity index (χ0v) is 36.0. The second-order valence-corrected chi connectivity index (χ2v) is 16.7. The largest absolute Gasteiger partial charge is 0.416 e. The van der Waals surface area contributed by atoms with Crippen LogP contribution in [-0.4, -0.2) is 29.3 Å². The van der Waals surface area contributed by atoms with Gasteiger partial charge in [0.25, 0.3) is 0 Å². The third-order valence-electron chi connectivity index (χ3n) is 12.7. The fourth-order valence-corrected chi connectivity index (χ4v) is 9.70. The summed E-state index contributed by atoms with van der Waals surface area (Å²) in [6.45, 7) is 0. The number of para-hydroxylation sites is 2. The maximum Gasteiger partial charge on any atom is 0.248 e. The number of nitrogens with zero attached hydrogens (tertiary/aromatic N) is 6. The Hall–Kier alpha value is -9.20. The van der Waals surface area contributed by atoms with Crippen LogP contribution >= 0.6 is 0 Å². The van der Waals surface area contributed by atoms with Crippen LogP contribution in [0.1, 0.15) is 0 Å². The molecule has 0 radical (unpaired) electrons. The van der Waals surface area contributed by atoms with Crippen molar-refractivity contribution in [1.82, 2.24) is 29.3 Å². The van der Waals surface area contributed by atoms with E-state index in [1.165, 1.54) is 0 Å². The molecule has 0 bridgehead atoms. The number of hydrogen-bond donors (Lipinski definition) is 0. The molecule has 5 heterocycles. The summed E-state index contributed by atoms with van der Waals surface area (Å²) in [6, 6.07) is 79.9. The van der Waals surface area contributed by atoms with Gasteiger partial charge in [0.1, 0.15) is 11.6 Å². The lowest BCUT2D eigenvalue weighted by Gasteiger charge is -2.13. The molecule has 8 aromatic carbocycles. The third-order valence-corrected chi connectivity index (χ3v) is 12.7. The molecule has 0 aliphatic rings. The van der Waals surface area contributed by atoms with Crippen LogP contribution in [-0.2, 0) is 0 Å². The molecule has 0 saturated carbocycles. The van der Waals surface area contributed by atoms with Gasteiger partial charge in [-0.2, -0.15) is 0 Å². The molecule has 314 valence electrons. The number of fused-ring (bicyclic) bond motifs is 6. The average molecular weight is 859 g/mol. The van der Waals surface area contributed by atoms with Gasteiger partial charge in [0.2, 0.25) is 11.8 Å². The number of pyridine rings is 2. The molecule has 13 aromatic rings. The lowest BCUT2D eigenvalue weighted by molar-refractivity contribution is 0.586. The Labute approximate surface area is 385 Å². The highest BCUT2D eigenvalue weighted by Crippen LogP contribution is 2.42. The summed E-state index contributed by atoms with van der Waals surface area (Å²) in [6.07, 6.45) is 0. The molecule has 0 unspecified atom stereocenters. The molecule has 0 fully saturated rings. The maximum absolute atomic E-state index is 6.84. The summed E-state index contributed by atoms with van der Waals surface area (Å²) in [5, 5.41) is 13.7. The lowest BCUT2D eigenvalue weighted by Crippen LogP contribution is -2.00. The van der Waals surface area contributed by atoms with E-state index in [1.807, 2.05) is 24.3 Å². The topological polar surface area (TPSA) is 74.6 Å². The first kappa shape index (κ1) is 38.3. The molecule has 0 aliphatic heterocycles. The van der Waals surface area contributed by atoms with Gasteiger partial charge in [0.15, 0.2) is 0 Å². The molecule has 7 nitrogen and oxygen atoms in total. The molecule has 0 saturated heterocycles. The number of benzene rings is 8. The van der Waals surface area contributed by atoms with Crippen molar-refractivity contribution in [2.75, 3.05) is 0 Å². The summed E-state index contributed by atoms with van der Waals surface area (Å²) < 4.78 is 11.3. The fraction of sp³-hybridized carbons (Fsp3) is 0. The highest BCUT2D eigenvalue weighted by Gasteiger charge is 2.24. The summed E-state index contributed by atoms with van der Waals surface area (Å²) in [7, 11) is 0. The monoisotopic (exact) mass is 858 g/mol. The van der Waals surface area contributed by atoms with E-state index in [0.717, 1.165) is 111 Å². The molecule has 0 amide bonds. The highest BCUT2D eigenvalue weighted by molar-refractivity contribution is 6.16. The first-order valence-electron chi connectivity index (χ1n) is 22.4. The Morgan fingerprint density at radius 1 is 0.299 bits per heavy atom. The van der Waals surface area contributed by atoms with E-state index in [0.29, 0.717) is 11.8 Å². The summed E-state index contributed by atoms with van der Waals surface area (Å²) in [4.78, 5) is 10.7. The molecular weight excluding hydrogens is 821 g/mol. The first-order chi connectivity index (χ1) is 33.2. The van der Waals surface area contributed by atoms with Gasteiger partial charge in [-0.3, -0.25) is 9.13 Å². The number of aromatic nitrogens is 6. The van der Waals surface area contributed by atoms with Crippen molar-refractivity contribution in [2.45, 2.75) is 0 Å². The van der Waals surface area contributed by atoms with E-state index in [9.17, 15) is 0 Å². The Bertz CT molecular complexity index is 3590. The van der Waals surface area contributed by atoms with Gasteiger partial charge in [-0.1, -0.05) is 170 Å². The number of hydrogen-bond acceptors (Lipinski definition) is 5. The second-order valence-electron chi connectivity index (χ2n) is 16.7.